The Hall–Kier alpha value is -1.26. The summed E-state index contributed by atoms with van der Waals surface area (Å²) in [7, 11) is 3.30. The average Bonchev–Trinajstić information content (AvgIpc) is 2.45. The molecule has 1 rings (SSSR count). The molecule has 0 heterocycles. The highest BCUT2D eigenvalue weighted by molar-refractivity contribution is 5.43. The van der Waals surface area contributed by atoms with Crippen molar-refractivity contribution >= 4 is 0 Å². The van der Waals surface area contributed by atoms with Crippen LogP contribution < -0.4 is 20.5 Å². The molecule has 0 saturated carbocycles. The molecule has 0 aliphatic carbocycles. The van der Waals surface area contributed by atoms with Gasteiger partial charge in [0, 0.05) is 12.1 Å². The number of nitrogens with two attached hydrogens (primary N) is 1. The molecule has 1 aromatic rings. The van der Waals surface area contributed by atoms with Crippen LogP contribution in [-0.4, -0.2) is 32.8 Å². The molecule has 0 aliphatic heterocycles. The maximum absolute atomic E-state index is 5.95. The normalized spacial score (nSPS) is 14.2. The van der Waals surface area contributed by atoms with Crippen molar-refractivity contribution in [2.45, 2.75) is 32.7 Å². The van der Waals surface area contributed by atoms with Crippen LogP contribution in [0.25, 0.3) is 0 Å². The second-order valence-electron chi connectivity index (χ2n) is 5.91. The van der Waals surface area contributed by atoms with Crippen molar-refractivity contribution in [2.24, 2.45) is 11.7 Å². The molecule has 0 aromatic heterocycles. The Morgan fingerprint density at radius 3 is 2.35 bits per heavy atom. The molecule has 4 nitrogen and oxygen atoms in total. The Morgan fingerprint density at radius 2 is 1.85 bits per heavy atom. The van der Waals surface area contributed by atoms with Crippen molar-refractivity contribution < 1.29 is 9.47 Å². The first-order valence-corrected chi connectivity index (χ1v) is 7.10. The second-order valence-corrected chi connectivity index (χ2v) is 5.91. The van der Waals surface area contributed by atoms with Gasteiger partial charge >= 0.3 is 0 Å². The van der Waals surface area contributed by atoms with E-state index in [4.69, 9.17) is 15.2 Å². The fourth-order valence-corrected chi connectivity index (χ4v) is 2.10. The zero-order valence-electron chi connectivity index (χ0n) is 13.3. The third kappa shape index (κ3) is 4.69. The summed E-state index contributed by atoms with van der Waals surface area (Å²) in [6.45, 7) is 8.10. The molecular weight excluding hydrogens is 252 g/mol. The first kappa shape index (κ1) is 16.8. The molecule has 0 bridgehead atoms. The number of methoxy groups -OCH3 is 2. The van der Waals surface area contributed by atoms with E-state index in [1.165, 1.54) is 5.56 Å². The monoisotopic (exact) mass is 280 g/mol. The second kappa shape index (κ2) is 7.50. The molecule has 20 heavy (non-hydrogen) atoms. The smallest absolute Gasteiger partial charge is 0.160 e. The van der Waals surface area contributed by atoms with Crippen LogP contribution in [0.4, 0.5) is 0 Å². The number of benzene rings is 1. The van der Waals surface area contributed by atoms with Crippen molar-refractivity contribution in [1.82, 2.24) is 5.32 Å². The van der Waals surface area contributed by atoms with Crippen LogP contribution >= 0.6 is 0 Å². The molecular formula is C16H28N2O2. The molecule has 1 atom stereocenters. The van der Waals surface area contributed by atoms with Crippen LogP contribution in [0.5, 0.6) is 11.5 Å². The Morgan fingerprint density at radius 1 is 1.20 bits per heavy atom. The molecule has 0 spiro atoms. The summed E-state index contributed by atoms with van der Waals surface area (Å²) in [6, 6.07) is 6.02. The summed E-state index contributed by atoms with van der Waals surface area (Å²) < 4.78 is 10.6. The molecule has 0 fully saturated rings. The van der Waals surface area contributed by atoms with Gasteiger partial charge in [-0.25, -0.2) is 0 Å². The van der Waals surface area contributed by atoms with Gasteiger partial charge in [0.1, 0.15) is 0 Å². The highest BCUT2D eigenvalue weighted by Gasteiger charge is 2.23. The lowest BCUT2D eigenvalue weighted by Crippen LogP contribution is -2.51. The maximum Gasteiger partial charge on any atom is 0.160 e. The Balaban J connectivity index is 2.83. The van der Waals surface area contributed by atoms with E-state index < -0.39 is 0 Å². The molecule has 0 saturated heterocycles. The fourth-order valence-electron chi connectivity index (χ4n) is 2.10. The van der Waals surface area contributed by atoms with Gasteiger partial charge in [0.2, 0.25) is 0 Å². The molecule has 0 amide bonds. The van der Waals surface area contributed by atoms with Gasteiger partial charge in [0.05, 0.1) is 14.2 Å². The van der Waals surface area contributed by atoms with Crippen molar-refractivity contribution in [3.05, 3.63) is 23.8 Å². The van der Waals surface area contributed by atoms with Crippen molar-refractivity contribution in [2.75, 3.05) is 27.3 Å². The van der Waals surface area contributed by atoms with E-state index in [-0.39, 0.29) is 5.54 Å². The Kier molecular flexibility index (Phi) is 6.30. The van der Waals surface area contributed by atoms with Crippen LogP contribution in [0.3, 0.4) is 0 Å². The zero-order valence-corrected chi connectivity index (χ0v) is 13.3. The molecule has 0 radical (unpaired) electrons. The van der Waals surface area contributed by atoms with Crippen molar-refractivity contribution in [3.63, 3.8) is 0 Å². The first-order chi connectivity index (χ1) is 9.44. The van der Waals surface area contributed by atoms with E-state index in [2.05, 4.69) is 32.2 Å². The van der Waals surface area contributed by atoms with E-state index in [0.717, 1.165) is 24.5 Å². The van der Waals surface area contributed by atoms with E-state index in [9.17, 15) is 0 Å². The summed E-state index contributed by atoms with van der Waals surface area (Å²) in [4.78, 5) is 0. The van der Waals surface area contributed by atoms with E-state index in [1.54, 1.807) is 14.2 Å². The minimum absolute atomic E-state index is 0.107. The van der Waals surface area contributed by atoms with Crippen molar-refractivity contribution in [3.8, 4) is 11.5 Å². The van der Waals surface area contributed by atoms with Crippen molar-refractivity contribution in [1.29, 1.82) is 0 Å². The molecule has 114 valence electrons. The largest absolute Gasteiger partial charge is 0.493 e. The molecule has 1 aromatic carbocycles. The summed E-state index contributed by atoms with van der Waals surface area (Å²) in [6.07, 6.45) is 0.858. The minimum atomic E-state index is -0.107. The third-order valence-electron chi connectivity index (χ3n) is 3.43. The third-order valence-corrected chi connectivity index (χ3v) is 3.43. The van der Waals surface area contributed by atoms with Gasteiger partial charge in [0.15, 0.2) is 11.5 Å². The van der Waals surface area contributed by atoms with Gasteiger partial charge in [-0.2, -0.15) is 0 Å². The first-order valence-electron chi connectivity index (χ1n) is 7.10. The van der Waals surface area contributed by atoms with Gasteiger partial charge in [-0.3, -0.25) is 0 Å². The van der Waals surface area contributed by atoms with Gasteiger partial charge in [0.25, 0.3) is 0 Å². The lowest BCUT2D eigenvalue weighted by atomic mass is 9.92. The van der Waals surface area contributed by atoms with E-state index in [0.29, 0.717) is 12.5 Å². The molecule has 0 aliphatic rings. The summed E-state index contributed by atoms with van der Waals surface area (Å²) in [5.74, 6) is 2.11. The van der Waals surface area contributed by atoms with Crippen LogP contribution in [0.2, 0.25) is 0 Å². The zero-order chi connectivity index (χ0) is 15.2. The molecule has 1 unspecified atom stereocenters. The predicted octanol–water partition coefficient (Wildman–Crippen LogP) is 2.21. The lowest BCUT2D eigenvalue weighted by Gasteiger charge is -2.31. The van der Waals surface area contributed by atoms with E-state index >= 15 is 0 Å². The topological polar surface area (TPSA) is 56.5 Å². The van der Waals surface area contributed by atoms with Gasteiger partial charge in [-0.1, -0.05) is 19.9 Å². The fraction of sp³-hybridized carbons (Fsp3) is 0.625. The summed E-state index contributed by atoms with van der Waals surface area (Å²) in [5.41, 5.74) is 7.03. The number of rotatable bonds is 8. The van der Waals surface area contributed by atoms with Crippen LogP contribution in [0.15, 0.2) is 18.2 Å². The van der Waals surface area contributed by atoms with E-state index in [1.807, 2.05) is 12.1 Å². The highest BCUT2D eigenvalue weighted by atomic mass is 16.5. The maximum atomic E-state index is 5.95. The summed E-state index contributed by atoms with van der Waals surface area (Å²) in [5, 5.41) is 3.56. The summed E-state index contributed by atoms with van der Waals surface area (Å²) >= 11 is 0. The Bertz CT molecular complexity index is 421. The minimum Gasteiger partial charge on any atom is -0.493 e. The Labute approximate surface area is 122 Å². The number of ether oxygens (including phenoxy) is 2. The van der Waals surface area contributed by atoms with Crippen LogP contribution in [0, 0.1) is 5.92 Å². The SMILES string of the molecule is COc1ccc(CC(C)(CN)NCC(C)C)cc1OC. The molecule has 4 heteroatoms. The number of nitrogens with one attached hydrogen (secondary N) is 1. The predicted molar refractivity (Wildman–Crippen MR) is 83.6 cm³/mol. The standard InChI is InChI=1S/C16H28N2O2/c1-12(2)10-18-16(3,11-17)9-13-6-7-14(19-4)15(8-13)20-5/h6-8,12,18H,9-11,17H2,1-5H3. The van der Waals surface area contributed by atoms with Crippen LogP contribution in [0.1, 0.15) is 26.3 Å². The molecule has 3 N–H and O–H groups in total. The van der Waals surface area contributed by atoms with Crippen LogP contribution in [-0.2, 0) is 6.42 Å². The quantitative estimate of drug-likeness (QED) is 0.766. The number of hydrogen-bond acceptors (Lipinski definition) is 4. The van der Waals surface area contributed by atoms with Gasteiger partial charge in [-0.15, -0.1) is 0 Å². The number of hydrogen-bond donors (Lipinski definition) is 2. The average molecular weight is 280 g/mol. The highest BCUT2D eigenvalue weighted by Crippen LogP contribution is 2.28. The van der Waals surface area contributed by atoms with Gasteiger partial charge in [-0.05, 0) is 43.5 Å². The lowest BCUT2D eigenvalue weighted by molar-refractivity contribution is 0.337. The van der Waals surface area contributed by atoms with Gasteiger partial charge < -0.3 is 20.5 Å².